The molecule has 1 saturated carbocycles. The molecule has 1 aromatic heterocycles. The number of halogens is 3. The maximum absolute atomic E-state index is 13.1. The molecule has 1 unspecified atom stereocenters. The highest BCUT2D eigenvalue weighted by Gasteiger charge is 2.44. The Morgan fingerprint density at radius 1 is 0.967 bits per heavy atom. The summed E-state index contributed by atoms with van der Waals surface area (Å²) in [6.07, 6.45) is 6.40. The SMILES string of the molecule is C=C1CCC(N2C(=O)c3ccc(OCCCCCCN(C)C(=O)Cc4cccc(CNC(=O)c5cc(/C=C/C6CCC(C(F)(F)F)CC6)c(OC)cn5)c4)cc3C2=O)C(=O)N1. The summed E-state index contributed by atoms with van der Waals surface area (Å²) >= 11 is 0. The van der Waals surface area contributed by atoms with E-state index in [1.165, 1.54) is 13.3 Å². The number of nitrogens with one attached hydrogen (secondary N) is 2. The molecular formula is C46H52F3N5O7. The minimum Gasteiger partial charge on any atom is -0.495 e. The number of allylic oxidation sites excluding steroid dienone is 2. The second-order valence-corrected chi connectivity index (χ2v) is 15.9. The van der Waals surface area contributed by atoms with E-state index in [2.05, 4.69) is 22.2 Å². The average Bonchev–Trinajstić information content (AvgIpc) is 3.48. The third kappa shape index (κ3) is 11.4. The van der Waals surface area contributed by atoms with E-state index in [1.54, 1.807) is 42.3 Å². The van der Waals surface area contributed by atoms with Crippen LogP contribution in [-0.2, 0) is 22.6 Å². The molecule has 2 aliphatic heterocycles. The number of alkyl halides is 3. The lowest BCUT2D eigenvalue weighted by Gasteiger charge is -2.29. The maximum atomic E-state index is 13.1. The van der Waals surface area contributed by atoms with Crippen LogP contribution in [0.4, 0.5) is 13.2 Å². The molecule has 0 bridgehead atoms. The first-order valence-corrected chi connectivity index (χ1v) is 20.7. The molecule has 6 rings (SSSR count). The Bertz CT molecular complexity index is 2160. The lowest BCUT2D eigenvalue weighted by atomic mass is 9.81. The summed E-state index contributed by atoms with van der Waals surface area (Å²) in [5.74, 6) is -2.16. The van der Waals surface area contributed by atoms with Crippen LogP contribution in [0.5, 0.6) is 11.5 Å². The van der Waals surface area contributed by atoms with Crippen LogP contribution in [0.25, 0.3) is 6.08 Å². The monoisotopic (exact) mass is 843 g/mol. The Hall–Kier alpha value is -5.99. The fourth-order valence-electron chi connectivity index (χ4n) is 7.93. The van der Waals surface area contributed by atoms with Gasteiger partial charge in [0.15, 0.2) is 0 Å². The van der Waals surface area contributed by atoms with Gasteiger partial charge in [0, 0.05) is 31.4 Å². The van der Waals surface area contributed by atoms with Gasteiger partial charge in [-0.3, -0.25) is 28.9 Å². The van der Waals surface area contributed by atoms with E-state index in [9.17, 15) is 37.1 Å². The molecule has 1 atom stereocenters. The molecule has 12 nitrogen and oxygen atoms in total. The number of imide groups is 1. The first-order chi connectivity index (χ1) is 29.2. The molecule has 61 heavy (non-hydrogen) atoms. The molecule has 3 heterocycles. The van der Waals surface area contributed by atoms with Crippen LogP contribution >= 0.6 is 0 Å². The summed E-state index contributed by atoms with van der Waals surface area (Å²) < 4.78 is 50.5. The number of pyridine rings is 1. The second-order valence-electron chi connectivity index (χ2n) is 15.9. The van der Waals surface area contributed by atoms with Gasteiger partial charge in [-0.05, 0) is 92.7 Å². The Balaban J connectivity index is 0.887. The van der Waals surface area contributed by atoms with Gasteiger partial charge in [0.25, 0.3) is 17.7 Å². The lowest BCUT2D eigenvalue weighted by Crippen LogP contribution is -2.51. The van der Waals surface area contributed by atoms with Crippen LogP contribution < -0.4 is 20.1 Å². The number of carbonyl (C=O) groups excluding carboxylic acids is 5. The minimum absolute atomic E-state index is 0.00955. The third-order valence-electron chi connectivity index (χ3n) is 11.5. The van der Waals surface area contributed by atoms with Gasteiger partial charge >= 0.3 is 6.18 Å². The normalized spacial score (nSPS) is 19.2. The number of nitrogens with zero attached hydrogens (tertiary/aromatic N) is 3. The van der Waals surface area contributed by atoms with E-state index in [-0.39, 0.29) is 54.5 Å². The van der Waals surface area contributed by atoms with E-state index in [0.717, 1.165) is 41.7 Å². The first-order valence-electron chi connectivity index (χ1n) is 20.7. The van der Waals surface area contributed by atoms with Gasteiger partial charge < -0.3 is 25.0 Å². The smallest absolute Gasteiger partial charge is 0.391 e. The predicted octanol–water partition coefficient (Wildman–Crippen LogP) is 7.43. The summed E-state index contributed by atoms with van der Waals surface area (Å²) in [5, 5.41) is 5.50. The molecule has 2 aromatic carbocycles. The number of hydrogen-bond acceptors (Lipinski definition) is 8. The number of unbranched alkanes of at least 4 members (excludes halogenated alkanes) is 3. The Kier molecular flexibility index (Phi) is 14.6. The first kappa shape index (κ1) is 44.6. The highest BCUT2D eigenvalue weighted by atomic mass is 19.4. The number of aromatic nitrogens is 1. The van der Waals surface area contributed by atoms with Crippen LogP contribution in [-0.4, -0.2) is 83.8 Å². The number of likely N-dealkylation sites (N-methyl/N-ethyl adjacent to an activating group) is 1. The second kappa shape index (κ2) is 20.0. The molecule has 1 saturated heterocycles. The number of rotatable bonds is 17. The topological polar surface area (TPSA) is 147 Å². The van der Waals surface area contributed by atoms with Gasteiger partial charge in [0.1, 0.15) is 23.2 Å². The van der Waals surface area contributed by atoms with Gasteiger partial charge in [-0.25, -0.2) is 4.98 Å². The van der Waals surface area contributed by atoms with Crippen molar-refractivity contribution >= 4 is 35.6 Å². The molecule has 3 aromatic rings. The molecule has 1 aliphatic carbocycles. The zero-order valence-electron chi connectivity index (χ0n) is 34.5. The zero-order valence-corrected chi connectivity index (χ0v) is 34.5. The fraction of sp³-hybridized carbons (Fsp3) is 0.435. The molecule has 0 spiro atoms. The summed E-state index contributed by atoms with van der Waals surface area (Å²) in [6.45, 7) is 4.97. The third-order valence-corrected chi connectivity index (χ3v) is 11.5. The molecule has 2 N–H and O–H groups in total. The van der Waals surface area contributed by atoms with Crippen molar-refractivity contribution in [3.8, 4) is 11.5 Å². The van der Waals surface area contributed by atoms with Gasteiger partial charge in [0.05, 0.1) is 43.4 Å². The number of ether oxygens (including phenoxy) is 2. The van der Waals surface area contributed by atoms with Crippen LogP contribution in [0.3, 0.4) is 0 Å². The Morgan fingerprint density at radius 2 is 1.70 bits per heavy atom. The van der Waals surface area contributed by atoms with Gasteiger partial charge in [-0.2, -0.15) is 13.2 Å². The molecule has 15 heteroatoms. The summed E-state index contributed by atoms with van der Waals surface area (Å²) in [4.78, 5) is 71.7. The van der Waals surface area contributed by atoms with Crippen molar-refractivity contribution in [1.29, 1.82) is 0 Å². The predicted molar refractivity (Wildman–Crippen MR) is 221 cm³/mol. The Morgan fingerprint density at radius 3 is 2.44 bits per heavy atom. The number of fused-ring (bicyclic) bond motifs is 1. The van der Waals surface area contributed by atoms with Crippen molar-refractivity contribution in [3.05, 3.63) is 107 Å². The number of amides is 5. The summed E-state index contributed by atoms with van der Waals surface area (Å²) in [6, 6.07) is 13.0. The molecule has 3 aliphatic rings. The van der Waals surface area contributed by atoms with Crippen LogP contribution in [0, 0.1) is 11.8 Å². The van der Waals surface area contributed by atoms with E-state index in [1.807, 2.05) is 30.3 Å². The number of hydrogen-bond donors (Lipinski definition) is 2. The molecular weight excluding hydrogens is 792 g/mol. The van der Waals surface area contributed by atoms with Crippen LogP contribution in [0.1, 0.15) is 112 Å². The standard InChI is InChI=1S/C46H52F3N5O7/c1-29-11-20-39(43(57)52-29)54-44(58)36-19-18-35(26-37(36)45(54)59)61-22-7-5-4-6-21-53(2)41(55)24-31-9-8-10-32(23-31)27-51-42(56)38-25-33(40(60-3)28-50-38)15-12-30-13-16-34(17-14-30)46(47,48)49/h8-10,12,15,18-19,23,25-26,28,30,34,39H,1,4-7,11,13-14,16-17,20-22,24,27H2,2-3H3,(H,51,56)(H,52,57)/b15-12+. The highest BCUT2D eigenvalue weighted by Crippen LogP contribution is 2.40. The van der Waals surface area contributed by atoms with E-state index in [4.69, 9.17) is 9.47 Å². The van der Waals surface area contributed by atoms with Crippen LogP contribution in [0.2, 0.25) is 0 Å². The van der Waals surface area contributed by atoms with Crippen LogP contribution in [0.15, 0.2) is 73.1 Å². The van der Waals surface area contributed by atoms with Gasteiger partial charge in [-0.15, -0.1) is 0 Å². The molecule has 2 fully saturated rings. The number of piperidine rings is 1. The van der Waals surface area contributed by atoms with Gasteiger partial charge in [-0.1, -0.05) is 55.8 Å². The lowest BCUT2D eigenvalue weighted by molar-refractivity contribution is -0.183. The summed E-state index contributed by atoms with van der Waals surface area (Å²) in [7, 11) is 3.26. The van der Waals surface area contributed by atoms with Crippen molar-refractivity contribution in [2.24, 2.45) is 11.8 Å². The van der Waals surface area contributed by atoms with E-state index >= 15 is 0 Å². The van der Waals surface area contributed by atoms with Crippen molar-refractivity contribution in [2.45, 2.75) is 89.4 Å². The maximum Gasteiger partial charge on any atom is 0.391 e. The highest BCUT2D eigenvalue weighted by molar-refractivity contribution is 6.23. The van der Waals surface area contributed by atoms with E-state index in [0.29, 0.717) is 61.6 Å². The molecule has 324 valence electrons. The quantitative estimate of drug-likeness (QED) is 0.105. The largest absolute Gasteiger partial charge is 0.495 e. The zero-order chi connectivity index (χ0) is 43.7. The van der Waals surface area contributed by atoms with Gasteiger partial charge in [0.2, 0.25) is 11.8 Å². The molecule has 5 amide bonds. The van der Waals surface area contributed by atoms with Crippen molar-refractivity contribution < 1.29 is 46.6 Å². The van der Waals surface area contributed by atoms with Crippen molar-refractivity contribution in [3.63, 3.8) is 0 Å². The minimum atomic E-state index is -4.16. The van der Waals surface area contributed by atoms with Crippen molar-refractivity contribution in [1.82, 2.24) is 25.4 Å². The molecule has 0 radical (unpaired) electrons. The number of benzene rings is 2. The number of methoxy groups -OCH3 is 1. The number of carbonyl (C=O) groups is 5. The summed E-state index contributed by atoms with van der Waals surface area (Å²) in [5.41, 5.74) is 3.46. The fourth-order valence-corrected chi connectivity index (χ4v) is 7.93. The van der Waals surface area contributed by atoms with Crippen molar-refractivity contribution in [2.75, 3.05) is 27.3 Å². The van der Waals surface area contributed by atoms with E-state index < -0.39 is 41.8 Å². The Labute approximate surface area is 353 Å². The average molecular weight is 844 g/mol.